The van der Waals surface area contributed by atoms with Crippen LogP contribution in [0.5, 0.6) is 0 Å². The van der Waals surface area contributed by atoms with Crippen molar-refractivity contribution < 1.29 is 9.59 Å². The average Bonchev–Trinajstić information content (AvgIpc) is 3.29. The van der Waals surface area contributed by atoms with Crippen LogP contribution in [0.4, 0.5) is 5.69 Å². The molecule has 0 unspecified atom stereocenters. The third-order valence-electron chi connectivity index (χ3n) is 4.52. The molecule has 5 nitrogen and oxygen atoms in total. The minimum Gasteiger partial charge on any atom is -0.347 e. The second kappa shape index (κ2) is 9.15. The summed E-state index contributed by atoms with van der Waals surface area (Å²) in [7, 11) is 0. The van der Waals surface area contributed by atoms with Crippen LogP contribution in [-0.2, 0) is 6.54 Å². The van der Waals surface area contributed by atoms with Crippen molar-refractivity contribution in [1.82, 2.24) is 10.3 Å². The Morgan fingerprint density at radius 2 is 1.77 bits per heavy atom. The number of hydrogen-bond acceptors (Lipinski definition) is 4. The van der Waals surface area contributed by atoms with Gasteiger partial charge in [-0.25, -0.2) is 0 Å². The summed E-state index contributed by atoms with van der Waals surface area (Å²) in [4.78, 5) is 29.7. The molecule has 0 bridgehead atoms. The minimum absolute atomic E-state index is 0.117. The fraction of sp³-hybridized carbons (Fsp3) is 0.0417. The largest absolute Gasteiger partial charge is 0.347 e. The molecule has 2 heterocycles. The number of carbonyl (C=O) groups excluding carboxylic acids is 2. The van der Waals surface area contributed by atoms with Crippen molar-refractivity contribution in [3.63, 3.8) is 0 Å². The quantitative estimate of drug-likeness (QED) is 0.468. The standard InChI is InChI=1S/C24H19N3O2S/c28-23(19-9-5-12-25-16-19)27-20-10-4-6-17(14-20)15-26-24(29)22-21(11-13-30-22)18-7-2-1-3-8-18/h1-14,16H,15H2,(H,26,29)(H,27,28). The molecule has 0 saturated carbocycles. The first-order valence-electron chi connectivity index (χ1n) is 9.42. The number of benzene rings is 2. The summed E-state index contributed by atoms with van der Waals surface area (Å²) in [6.07, 6.45) is 3.14. The Hall–Kier alpha value is -3.77. The van der Waals surface area contributed by atoms with Crippen LogP contribution in [0, 0.1) is 0 Å². The molecule has 2 amide bonds. The van der Waals surface area contributed by atoms with Crippen molar-refractivity contribution in [2.75, 3.05) is 5.32 Å². The Morgan fingerprint density at radius 3 is 2.57 bits per heavy atom. The number of rotatable bonds is 6. The van der Waals surface area contributed by atoms with Gasteiger partial charge in [0.25, 0.3) is 11.8 Å². The van der Waals surface area contributed by atoms with E-state index in [0.29, 0.717) is 22.7 Å². The molecule has 148 valence electrons. The summed E-state index contributed by atoms with van der Waals surface area (Å²) in [5.41, 5.74) is 3.99. The van der Waals surface area contributed by atoms with Gasteiger partial charge in [-0.2, -0.15) is 0 Å². The fourth-order valence-electron chi connectivity index (χ4n) is 3.05. The summed E-state index contributed by atoms with van der Waals surface area (Å²) in [5.74, 6) is -0.343. The topological polar surface area (TPSA) is 71.1 Å². The van der Waals surface area contributed by atoms with E-state index in [-0.39, 0.29) is 11.8 Å². The summed E-state index contributed by atoms with van der Waals surface area (Å²) >= 11 is 1.42. The van der Waals surface area contributed by atoms with Gasteiger partial charge < -0.3 is 10.6 Å². The first kappa shape index (κ1) is 19.5. The van der Waals surface area contributed by atoms with E-state index < -0.39 is 0 Å². The van der Waals surface area contributed by atoms with E-state index in [9.17, 15) is 9.59 Å². The van der Waals surface area contributed by atoms with Crippen molar-refractivity contribution in [3.05, 3.63) is 107 Å². The van der Waals surface area contributed by atoms with Crippen LogP contribution in [0.1, 0.15) is 25.6 Å². The van der Waals surface area contributed by atoms with Crippen LogP contribution in [-0.4, -0.2) is 16.8 Å². The third kappa shape index (κ3) is 4.61. The lowest BCUT2D eigenvalue weighted by Crippen LogP contribution is -2.22. The van der Waals surface area contributed by atoms with Crippen molar-refractivity contribution in [2.45, 2.75) is 6.54 Å². The molecule has 0 aliphatic heterocycles. The number of nitrogens with zero attached hydrogens (tertiary/aromatic N) is 1. The predicted molar refractivity (Wildman–Crippen MR) is 120 cm³/mol. The van der Waals surface area contributed by atoms with Crippen LogP contribution in [0.2, 0.25) is 0 Å². The normalized spacial score (nSPS) is 10.4. The van der Waals surface area contributed by atoms with Gasteiger partial charge in [0.1, 0.15) is 0 Å². The second-order valence-corrected chi connectivity index (χ2v) is 7.52. The smallest absolute Gasteiger partial charge is 0.262 e. The highest BCUT2D eigenvalue weighted by atomic mass is 32.1. The van der Waals surface area contributed by atoms with Crippen molar-refractivity contribution in [2.24, 2.45) is 0 Å². The Bertz CT molecular complexity index is 1160. The summed E-state index contributed by atoms with van der Waals surface area (Å²) in [6.45, 7) is 0.363. The number of anilines is 1. The Morgan fingerprint density at radius 1 is 0.900 bits per heavy atom. The first-order valence-corrected chi connectivity index (χ1v) is 10.3. The van der Waals surface area contributed by atoms with E-state index in [1.807, 2.05) is 66.0 Å². The van der Waals surface area contributed by atoms with Crippen molar-refractivity contribution in [3.8, 4) is 11.1 Å². The molecule has 2 N–H and O–H groups in total. The second-order valence-electron chi connectivity index (χ2n) is 6.61. The Balaban J connectivity index is 1.41. The van der Waals surface area contributed by atoms with E-state index in [1.165, 1.54) is 17.5 Å². The van der Waals surface area contributed by atoms with Gasteiger partial charge >= 0.3 is 0 Å². The molecule has 4 aromatic rings. The van der Waals surface area contributed by atoms with Crippen molar-refractivity contribution >= 4 is 28.8 Å². The van der Waals surface area contributed by atoms with Gasteiger partial charge in [0.2, 0.25) is 0 Å². The van der Waals surface area contributed by atoms with Gasteiger partial charge in [0, 0.05) is 30.2 Å². The van der Waals surface area contributed by atoms with Crippen LogP contribution in [0.25, 0.3) is 11.1 Å². The number of hydrogen-bond donors (Lipinski definition) is 2. The lowest BCUT2D eigenvalue weighted by molar-refractivity contribution is 0.0954. The first-order chi connectivity index (χ1) is 14.7. The highest BCUT2D eigenvalue weighted by Crippen LogP contribution is 2.28. The molecule has 0 aliphatic carbocycles. The van der Waals surface area contributed by atoms with Crippen LogP contribution >= 0.6 is 11.3 Å². The van der Waals surface area contributed by atoms with Gasteiger partial charge in [-0.1, -0.05) is 42.5 Å². The maximum atomic E-state index is 12.7. The summed E-state index contributed by atoms with van der Waals surface area (Å²) in [5, 5.41) is 7.75. The zero-order valence-corrected chi connectivity index (χ0v) is 16.9. The van der Waals surface area contributed by atoms with Gasteiger partial charge in [0.05, 0.1) is 10.4 Å². The fourth-order valence-corrected chi connectivity index (χ4v) is 3.88. The molecule has 0 spiro atoms. The molecule has 0 aliphatic rings. The van der Waals surface area contributed by atoms with E-state index >= 15 is 0 Å². The average molecular weight is 414 g/mol. The molecule has 30 heavy (non-hydrogen) atoms. The molecule has 6 heteroatoms. The number of pyridine rings is 1. The zero-order valence-electron chi connectivity index (χ0n) is 16.0. The Labute approximate surface area is 178 Å². The zero-order chi connectivity index (χ0) is 20.8. The highest BCUT2D eigenvalue weighted by molar-refractivity contribution is 7.12. The van der Waals surface area contributed by atoms with Crippen LogP contribution in [0.15, 0.2) is 90.6 Å². The third-order valence-corrected chi connectivity index (χ3v) is 5.43. The van der Waals surface area contributed by atoms with E-state index in [1.54, 1.807) is 18.3 Å². The maximum absolute atomic E-state index is 12.7. The molecule has 2 aromatic heterocycles. The van der Waals surface area contributed by atoms with E-state index in [0.717, 1.165) is 16.7 Å². The van der Waals surface area contributed by atoms with Gasteiger partial charge in [-0.3, -0.25) is 14.6 Å². The molecule has 0 fully saturated rings. The van der Waals surface area contributed by atoms with Crippen LogP contribution in [0.3, 0.4) is 0 Å². The number of amides is 2. The number of thiophene rings is 1. The predicted octanol–water partition coefficient (Wildman–Crippen LogP) is 4.99. The molecular weight excluding hydrogens is 394 g/mol. The number of nitrogens with one attached hydrogen (secondary N) is 2. The minimum atomic E-state index is -0.227. The SMILES string of the molecule is O=C(Nc1cccc(CNC(=O)c2sccc2-c2ccccc2)c1)c1cccnc1. The maximum Gasteiger partial charge on any atom is 0.262 e. The molecule has 0 atom stereocenters. The number of aromatic nitrogens is 1. The molecule has 0 saturated heterocycles. The molecule has 2 aromatic carbocycles. The van der Waals surface area contributed by atoms with E-state index in [2.05, 4.69) is 15.6 Å². The summed E-state index contributed by atoms with van der Waals surface area (Å²) < 4.78 is 0. The summed E-state index contributed by atoms with van der Waals surface area (Å²) in [6, 6.07) is 22.7. The molecule has 4 rings (SSSR count). The van der Waals surface area contributed by atoms with Gasteiger partial charge in [-0.05, 0) is 46.8 Å². The Kier molecular flexibility index (Phi) is 5.96. The lowest BCUT2D eigenvalue weighted by Gasteiger charge is -2.09. The monoisotopic (exact) mass is 413 g/mol. The molecular formula is C24H19N3O2S. The van der Waals surface area contributed by atoms with Crippen LogP contribution < -0.4 is 10.6 Å². The number of carbonyl (C=O) groups is 2. The highest BCUT2D eigenvalue weighted by Gasteiger charge is 2.14. The van der Waals surface area contributed by atoms with Gasteiger partial charge in [-0.15, -0.1) is 11.3 Å². The van der Waals surface area contributed by atoms with E-state index in [4.69, 9.17) is 0 Å². The molecule has 0 radical (unpaired) electrons. The van der Waals surface area contributed by atoms with Crippen molar-refractivity contribution in [1.29, 1.82) is 0 Å². The lowest BCUT2D eigenvalue weighted by atomic mass is 10.1. The van der Waals surface area contributed by atoms with Gasteiger partial charge in [0.15, 0.2) is 0 Å².